The Kier molecular flexibility index (Phi) is 10.2. The molecule has 1 fully saturated rings. The van der Waals surface area contributed by atoms with Crippen LogP contribution in [-0.4, -0.2) is 52.8 Å². The molecule has 4 aromatic rings. The molecular weight excluding hydrogens is 715 g/mol. The Hall–Kier alpha value is -3.92. The van der Waals surface area contributed by atoms with Crippen LogP contribution in [0.15, 0.2) is 42.5 Å². The molecule has 0 radical (unpaired) electrons. The first-order chi connectivity index (χ1) is 22.6. The lowest BCUT2D eigenvalue weighted by atomic mass is 9.98. The molecule has 9 nitrogen and oxygen atoms in total. The zero-order valence-corrected chi connectivity index (χ0v) is 26.9. The summed E-state index contributed by atoms with van der Waals surface area (Å²) in [6.07, 6.45) is -8.24. The molecule has 0 aliphatic carbocycles. The minimum absolute atomic E-state index is 0.0396. The highest BCUT2D eigenvalue weighted by atomic mass is 35.5. The molecule has 1 unspecified atom stereocenters. The second kappa shape index (κ2) is 13.9. The molecule has 1 aliphatic heterocycles. The van der Waals surface area contributed by atoms with E-state index in [1.54, 1.807) is 7.05 Å². The van der Waals surface area contributed by atoms with Gasteiger partial charge in [-0.15, -0.1) is 0 Å². The highest BCUT2D eigenvalue weighted by molar-refractivity contribution is 6.39. The third-order valence-electron chi connectivity index (χ3n) is 7.46. The number of rotatable bonds is 10. The van der Waals surface area contributed by atoms with Crippen LogP contribution < -0.4 is 20.7 Å². The third-order valence-corrected chi connectivity index (χ3v) is 8.50. The van der Waals surface area contributed by atoms with Gasteiger partial charge in [0.1, 0.15) is 18.2 Å². The normalized spacial score (nSPS) is 16.4. The number of ether oxygens (including phenoxy) is 2. The molecule has 1 aliphatic rings. The van der Waals surface area contributed by atoms with Gasteiger partial charge in [0.25, 0.3) is 18.2 Å². The van der Waals surface area contributed by atoms with Gasteiger partial charge in [0.2, 0.25) is 11.5 Å². The van der Waals surface area contributed by atoms with Gasteiger partial charge in [-0.2, -0.15) is 13.2 Å². The molecule has 2 amide bonds. The fraction of sp³-hybridized carbons (Fsp3) is 0.300. The molecule has 256 valence electrons. The number of carbonyl (C=O) groups is 2. The van der Waals surface area contributed by atoms with E-state index in [0.29, 0.717) is 5.52 Å². The van der Waals surface area contributed by atoms with Gasteiger partial charge in [0.05, 0.1) is 37.4 Å². The standard InChI is InChI=1S/C30H24Cl3F6N5O4/c1-44-21-11-22(47-13-23(35)36)16(26(45)41-15-4-6-19(34)18(32)9-15)10-20(21)42-28(44)43-25-17(31)5-3-14(24(25)33)12-40-27(46)29(30(37,38)39)7-2-8-48-29/h3-6,9-11,23H,2,7-8,12-13H2,1H3,(H,40,46)(H,41,45)(H,42,43). The molecule has 3 aromatic carbocycles. The highest BCUT2D eigenvalue weighted by Gasteiger charge is 2.63. The van der Waals surface area contributed by atoms with Gasteiger partial charge in [-0.25, -0.2) is 18.2 Å². The zero-order valence-electron chi connectivity index (χ0n) is 24.6. The second-order valence-electron chi connectivity index (χ2n) is 10.6. The van der Waals surface area contributed by atoms with Gasteiger partial charge < -0.3 is 30.0 Å². The average Bonchev–Trinajstić information content (AvgIpc) is 3.65. The lowest BCUT2D eigenvalue weighted by Crippen LogP contribution is -2.56. The number of hydrogen-bond donors (Lipinski definition) is 3. The topological polar surface area (TPSA) is 107 Å². The molecule has 0 saturated carbocycles. The summed E-state index contributed by atoms with van der Waals surface area (Å²) in [7, 11) is 1.55. The van der Waals surface area contributed by atoms with Gasteiger partial charge in [0.15, 0.2) is 0 Å². The summed E-state index contributed by atoms with van der Waals surface area (Å²) < 4.78 is 92.5. The van der Waals surface area contributed by atoms with Crippen LogP contribution in [0.25, 0.3) is 11.0 Å². The first-order valence-corrected chi connectivity index (χ1v) is 15.2. The Bertz CT molecular complexity index is 1880. The Labute approximate surface area is 283 Å². The maximum absolute atomic E-state index is 13.7. The monoisotopic (exact) mass is 737 g/mol. The van der Waals surface area contributed by atoms with Crippen molar-refractivity contribution in [3.8, 4) is 5.75 Å². The molecule has 3 N–H and O–H groups in total. The average molecular weight is 739 g/mol. The summed E-state index contributed by atoms with van der Waals surface area (Å²) in [5.74, 6) is -2.96. The lowest BCUT2D eigenvalue weighted by molar-refractivity contribution is -0.253. The zero-order chi connectivity index (χ0) is 35.0. The van der Waals surface area contributed by atoms with Crippen molar-refractivity contribution in [3.63, 3.8) is 0 Å². The van der Waals surface area contributed by atoms with E-state index >= 15 is 0 Å². The minimum atomic E-state index is -4.93. The number of fused-ring (bicyclic) bond motifs is 1. The number of aryl methyl sites for hydroxylation is 1. The van der Waals surface area contributed by atoms with Crippen LogP contribution in [0.2, 0.25) is 15.1 Å². The van der Waals surface area contributed by atoms with Crippen LogP contribution >= 0.6 is 34.8 Å². The van der Waals surface area contributed by atoms with Gasteiger partial charge in [-0.1, -0.05) is 40.9 Å². The van der Waals surface area contributed by atoms with Crippen LogP contribution in [0.5, 0.6) is 5.75 Å². The summed E-state index contributed by atoms with van der Waals surface area (Å²) in [5, 5.41) is 7.49. The van der Waals surface area contributed by atoms with Gasteiger partial charge in [-0.05, 0) is 48.7 Å². The molecule has 48 heavy (non-hydrogen) atoms. The molecule has 1 atom stereocenters. The first-order valence-electron chi connectivity index (χ1n) is 14.0. The van der Waals surface area contributed by atoms with Crippen LogP contribution in [-0.2, 0) is 23.1 Å². The SMILES string of the molecule is Cn1c(Nc2c(Cl)ccc(CNC(=O)C3(C(F)(F)F)CCCO3)c2Cl)nc2cc(C(=O)Nc3ccc(F)c(Cl)c3)c(OCC(F)F)cc21. The summed E-state index contributed by atoms with van der Waals surface area (Å²) >= 11 is 18.8. The predicted octanol–water partition coefficient (Wildman–Crippen LogP) is 8.04. The van der Waals surface area contributed by atoms with Crippen molar-refractivity contribution in [2.75, 3.05) is 23.8 Å². The van der Waals surface area contributed by atoms with E-state index in [0.717, 1.165) is 6.07 Å². The number of benzene rings is 3. The molecule has 1 aromatic heterocycles. The molecule has 0 bridgehead atoms. The van der Waals surface area contributed by atoms with Crippen molar-refractivity contribution in [3.05, 3.63) is 74.5 Å². The smallest absolute Gasteiger partial charge is 0.426 e. The maximum atomic E-state index is 13.7. The number of imidazole rings is 1. The van der Waals surface area contributed by atoms with E-state index in [1.807, 2.05) is 0 Å². The van der Waals surface area contributed by atoms with Crippen LogP contribution in [0, 0.1) is 5.82 Å². The molecule has 1 saturated heterocycles. The van der Waals surface area contributed by atoms with E-state index in [9.17, 15) is 35.9 Å². The number of nitrogens with zero attached hydrogens (tertiary/aromatic N) is 2. The van der Waals surface area contributed by atoms with E-state index in [2.05, 4.69) is 20.9 Å². The van der Waals surface area contributed by atoms with Crippen molar-refractivity contribution in [2.45, 2.75) is 37.6 Å². The largest absolute Gasteiger partial charge is 0.487 e. The molecule has 18 heteroatoms. The molecular formula is C30H24Cl3F6N5O4. The molecule has 0 spiro atoms. The Morgan fingerprint density at radius 2 is 1.85 bits per heavy atom. The van der Waals surface area contributed by atoms with E-state index in [-0.39, 0.29) is 67.8 Å². The Morgan fingerprint density at radius 1 is 1.10 bits per heavy atom. The number of amides is 2. The quantitative estimate of drug-likeness (QED) is 0.142. The van der Waals surface area contributed by atoms with E-state index in [4.69, 9.17) is 44.3 Å². The van der Waals surface area contributed by atoms with Crippen molar-refractivity contribution in [1.82, 2.24) is 14.9 Å². The van der Waals surface area contributed by atoms with Crippen LogP contribution in [0.1, 0.15) is 28.8 Å². The second-order valence-corrected chi connectivity index (χ2v) is 11.8. The summed E-state index contributed by atoms with van der Waals surface area (Å²) in [6, 6.07) is 8.90. The number of carbonyl (C=O) groups excluding carboxylic acids is 2. The summed E-state index contributed by atoms with van der Waals surface area (Å²) in [4.78, 5) is 30.3. The fourth-order valence-corrected chi connectivity index (χ4v) is 5.71. The van der Waals surface area contributed by atoms with Crippen LogP contribution in [0.4, 0.5) is 43.7 Å². The first kappa shape index (κ1) is 35.4. The Morgan fingerprint density at radius 3 is 2.50 bits per heavy atom. The number of aromatic nitrogens is 2. The number of halogens is 9. The number of anilines is 3. The van der Waals surface area contributed by atoms with Crippen molar-refractivity contribution >= 4 is 75.0 Å². The molecule has 2 heterocycles. The minimum Gasteiger partial charge on any atom is -0.487 e. The summed E-state index contributed by atoms with van der Waals surface area (Å²) in [5.41, 5.74) is -2.17. The number of hydrogen-bond acceptors (Lipinski definition) is 6. The predicted molar refractivity (Wildman–Crippen MR) is 167 cm³/mol. The molecule has 5 rings (SSSR count). The number of alkyl halides is 5. The van der Waals surface area contributed by atoms with Crippen molar-refractivity contribution in [2.24, 2.45) is 7.05 Å². The third kappa shape index (κ3) is 7.09. The maximum Gasteiger partial charge on any atom is 0.426 e. The van der Waals surface area contributed by atoms with Crippen molar-refractivity contribution in [1.29, 1.82) is 0 Å². The Balaban J connectivity index is 1.43. The van der Waals surface area contributed by atoms with E-state index in [1.165, 1.54) is 41.0 Å². The fourth-order valence-electron chi connectivity index (χ4n) is 5.00. The van der Waals surface area contributed by atoms with Gasteiger partial charge >= 0.3 is 6.18 Å². The van der Waals surface area contributed by atoms with Crippen LogP contribution in [0.3, 0.4) is 0 Å². The van der Waals surface area contributed by atoms with Crippen molar-refractivity contribution < 1.29 is 45.4 Å². The number of nitrogens with one attached hydrogen (secondary N) is 3. The summed E-state index contributed by atoms with van der Waals surface area (Å²) in [6.45, 7) is -1.63. The van der Waals surface area contributed by atoms with Gasteiger partial charge in [0, 0.05) is 32.0 Å². The lowest BCUT2D eigenvalue weighted by Gasteiger charge is -2.29. The highest BCUT2D eigenvalue weighted by Crippen LogP contribution is 2.42. The van der Waals surface area contributed by atoms with E-state index < -0.39 is 55.4 Å². The van der Waals surface area contributed by atoms with Gasteiger partial charge in [-0.3, -0.25) is 9.59 Å².